The number of carbonyl (C=O) groups is 3. The molecule has 2 amide bonds. The molecule has 0 spiro atoms. The van der Waals surface area contributed by atoms with Gasteiger partial charge in [0, 0.05) is 24.9 Å². The van der Waals surface area contributed by atoms with Crippen molar-refractivity contribution in [2.24, 2.45) is 11.8 Å². The zero-order chi connectivity index (χ0) is 24.1. The van der Waals surface area contributed by atoms with Crippen molar-refractivity contribution in [3.8, 4) is 11.1 Å². The third-order valence-corrected chi connectivity index (χ3v) is 6.99. The van der Waals surface area contributed by atoms with Crippen LogP contribution in [0, 0.1) is 11.8 Å². The van der Waals surface area contributed by atoms with Gasteiger partial charge in [0.2, 0.25) is 5.91 Å². The fourth-order valence-corrected chi connectivity index (χ4v) is 5.26. The Balaban J connectivity index is 1.24. The Hall–Kier alpha value is -3.35. The van der Waals surface area contributed by atoms with Gasteiger partial charge in [0.25, 0.3) is 0 Å². The summed E-state index contributed by atoms with van der Waals surface area (Å²) >= 11 is 0. The van der Waals surface area contributed by atoms with E-state index in [9.17, 15) is 19.5 Å². The molecule has 0 aliphatic heterocycles. The second-order valence-electron chi connectivity index (χ2n) is 9.37. The monoisotopic (exact) mass is 464 g/mol. The van der Waals surface area contributed by atoms with Crippen molar-refractivity contribution in [3.63, 3.8) is 0 Å². The van der Waals surface area contributed by atoms with Gasteiger partial charge in [-0.2, -0.15) is 0 Å². The molecule has 7 heteroatoms. The molecule has 2 aliphatic carbocycles. The van der Waals surface area contributed by atoms with Gasteiger partial charge in [-0.3, -0.25) is 9.59 Å². The summed E-state index contributed by atoms with van der Waals surface area (Å²) in [5, 5.41) is 15.0. The van der Waals surface area contributed by atoms with Crippen LogP contribution in [0.5, 0.6) is 0 Å². The number of rotatable bonds is 8. The van der Waals surface area contributed by atoms with E-state index in [-0.39, 0.29) is 30.8 Å². The van der Waals surface area contributed by atoms with Gasteiger partial charge in [0.1, 0.15) is 6.61 Å². The highest BCUT2D eigenvalue weighted by Crippen LogP contribution is 2.44. The van der Waals surface area contributed by atoms with Crippen molar-refractivity contribution in [1.82, 2.24) is 10.6 Å². The van der Waals surface area contributed by atoms with E-state index in [1.54, 1.807) is 6.92 Å². The predicted molar refractivity (Wildman–Crippen MR) is 128 cm³/mol. The molecule has 2 aliphatic rings. The Labute approximate surface area is 199 Å². The molecular formula is C27H32N2O5. The Morgan fingerprint density at radius 3 is 2.26 bits per heavy atom. The molecule has 7 nitrogen and oxygen atoms in total. The van der Waals surface area contributed by atoms with E-state index in [1.165, 1.54) is 11.1 Å². The summed E-state index contributed by atoms with van der Waals surface area (Å²) in [6.07, 6.45) is 2.93. The Bertz CT molecular complexity index is 1010. The molecule has 0 bridgehead atoms. The van der Waals surface area contributed by atoms with E-state index in [0.29, 0.717) is 13.0 Å². The molecule has 3 N–H and O–H groups in total. The Morgan fingerprint density at radius 2 is 1.62 bits per heavy atom. The molecule has 180 valence electrons. The average molecular weight is 465 g/mol. The van der Waals surface area contributed by atoms with Crippen molar-refractivity contribution in [1.29, 1.82) is 0 Å². The zero-order valence-corrected chi connectivity index (χ0v) is 19.5. The molecule has 1 fully saturated rings. The number of benzene rings is 2. The molecule has 3 atom stereocenters. The van der Waals surface area contributed by atoms with Crippen LogP contribution in [0.15, 0.2) is 48.5 Å². The molecule has 0 aromatic heterocycles. The molecular weight excluding hydrogens is 432 g/mol. The van der Waals surface area contributed by atoms with Gasteiger partial charge in [-0.05, 0) is 47.9 Å². The van der Waals surface area contributed by atoms with Crippen LogP contribution in [0.25, 0.3) is 11.1 Å². The van der Waals surface area contributed by atoms with Crippen LogP contribution in [0.2, 0.25) is 0 Å². The number of amides is 2. The second kappa shape index (κ2) is 10.7. The topological polar surface area (TPSA) is 105 Å². The highest BCUT2D eigenvalue weighted by atomic mass is 16.5. The first kappa shape index (κ1) is 23.8. The fourth-order valence-electron chi connectivity index (χ4n) is 5.26. The highest BCUT2D eigenvalue weighted by Gasteiger charge is 2.31. The summed E-state index contributed by atoms with van der Waals surface area (Å²) in [7, 11) is 0. The molecule has 0 heterocycles. The first-order valence-electron chi connectivity index (χ1n) is 12.0. The lowest BCUT2D eigenvalue weighted by molar-refractivity contribution is -0.145. The van der Waals surface area contributed by atoms with Crippen LogP contribution in [0.3, 0.4) is 0 Å². The van der Waals surface area contributed by atoms with Gasteiger partial charge in [-0.15, -0.1) is 0 Å². The van der Waals surface area contributed by atoms with Gasteiger partial charge >= 0.3 is 12.1 Å². The summed E-state index contributed by atoms with van der Waals surface area (Å²) in [5.74, 6) is -1.45. The first-order chi connectivity index (χ1) is 16.4. The summed E-state index contributed by atoms with van der Waals surface area (Å²) in [4.78, 5) is 36.2. The molecule has 4 rings (SSSR count). The van der Waals surface area contributed by atoms with Crippen LogP contribution < -0.4 is 10.6 Å². The molecule has 1 saturated carbocycles. The third-order valence-electron chi connectivity index (χ3n) is 6.99. The van der Waals surface area contributed by atoms with Crippen LogP contribution >= 0.6 is 0 Å². The minimum absolute atomic E-state index is 0.0190. The number of carboxylic acids is 1. The number of carboxylic acid groups (broad SMARTS) is 1. The van der Waals surface area contributed by atoms with Crippen LogP contribution in [-0.4, -0.2) is 42.3 Å². The van der Waals surface area contributed by atoms with Gasteiger partial charge in [0.15, 0.2) is 0 Å². The number of alkyl carbamates (subject to hydrolysis) is 1. The summed E-state index contributed by atoms with van der Waals surface area (Å²) < 4.78 is 5.54. The maximum atomic E-state index is 12.4. The van der Waals surface area contributed by atoms with E-state index in [2.05, 4.69) is 34.9 Å². The smallest absolute Gasteiger partial charge is 0.407 e. The number of ether oxygens (including phenoxy) is 1. The summed E-state index contributed by atoms with van der Waals surface area (Å²) in [5.41, 5.74) is 4.62. The number of aliphatic carboxylic acids is 1. The Morgan fingerprint density at radius 1 is 1.00 bits per heavy atom. The van der Waals surface area contributed by atoms with Crippen molar-refractivity contribution in [3.05, 3.63) is 59.7 Å². The minimum Gasteiger partial charge on any atom is -0.481 e. The second-order valence-corrected chi connectivity index (χ2v) is 9.37. The van der Waals surface area contributed by atoms with Crippen LogP contribution in [0.1, 0.15) is 56.1 Å². The van der Waals surface area contributed by atoms with Crippen molar-refractivity contribution < 1.29 is 24.2 Å². The van der Waals surface area contributed by atoms with Crippen molar-refractivity contribution >= 4 is 18.0 Å². The largest absolute Gasteiger partial charge is 0.481 e. The van der Waals surface area contributed by atoms with Gasteiger partial charge in [-0.1, -0.05) is 61.4 Å². The number of fused-ring (bicyclic) bond motifs is 3. The lowest BCUT2D eigenvalue weighted by Crippen LogP contribution is -2.41. The lowest BCUT2D eigenvalue weighted by Gasteiger charge is -2.28. The maximum absolute atomic E-state index is 12.4. The maximum Gasteiger partial charge on any atom is 0.407 e. The summed E-state index contributed by atoms with van der Waals surface area (Å²) in [6, 6.07) is 15.9. The minimum atomic E-state index is -0.788. The molecule has 0 saturated heterocycles. The standard InChI is InChI=1S/C27H32N2O5/c1-17(14-25(30)28-15-18-8-2-3-9-19(18)26(31)32)29-27(33)34-16-24-22-12-6-4-10-20(22)21-11-5-7-13-23(21)24/h4-7,10-13,17-19,24H,2-3,8-9,14-16H2,1H3,(H,28,30)(H,29,33)(H,31,32)/t17-,18+,19+/m1/s1. The SMILES string of the molecule is C[C@H](CC(=O)NC[C@@H]1CCCC[C@@H]1C(=O)O)NC(=O)OCC1c2ccccc2-c2ccccc21. The van der Waals surface area contributed by atoms with Crippen molar-refractivity contribution in [2.45, 2.75) is 51.0 Å². The average Bonchev–Trinajstić information content (AvgIpc) is 3.15. The molecule has 0 radical (unpaired) electrons. The quantitative estimate of drug-likeness (QED) is 0.540. The first-order valence-corrected chi connectivity index (χ1v) is 12.0. The number of nitrogens with one attached hydrogen (secondary N) is 2. The third kappa shape index (κ3) is 5.41. The highest BCUT2D eigenvalue weighted by molar-refractivity contribution is 5.79. The normalized spacial score (nSPS) is 20.0. The lowest BCUT2D eigenvalue weighted by atomic mass is 9.79. The van der Waals surface area contributed by atoms with Crippen molar-refractivity contribution in [2.75, 3.05) is 13.2 Å². The Kier molecular flexibility index (Phi) is 7.50. The number of hydrogen-bond acceptors (Lipinski definition) is 4. The fraction of sp³-hybridized carbons (Fsp3) is 0.444. The van der Waals surface area contributed by atoms with E-state index in [1.807, 2.05) is 24.3 Å². The molecule has 0 unspecified atom stereocenters. The van der Waals surface area contributed by atoms with E-state index in [0.717, 1.165) is 30.4 Å². The van der Waals surface area contributed by atoms with Gasteiger partial charge in [0.05, 0.1) is 5.92 Å². The van der Waals surface area contributed by atoms with E-state index >= 15 is 0 Å². The summed E-state index contributed by atoms with van der Waals surface area (Å²) in [6.45, 7) is 2.33. The predicted octanol–water partition coefficient (Wildman–Crippen LogP) is 4.31. The number of carbonyl (C=O) groups excluding carboxylic acids is 2. The van der Waals surface area contributed by atoms with Gasteiger partial charge in [-0.25, -0.2) is 4.79 Å². The van der Waals surface area contributed by atoms with E-state index < -0.39 is 24.0 Å². The van der Waals surface area contributed by atoms with E-state index in [4.69, 9.17) is 4.74 Å². The van der Waals surface area contributed by atoms with Gasteiger partial charge < -0.3 is 20.5 Å². The molecule has 2 aromatic rings. The van der Waals surface area contributed by atoms with Crippen LogP contribution in [0.4, 0.5) is 4.79 Å². The molecule has 2 aromatic carbocycles. The molecule has 34 heavy (non-hydrogen) atoms. The zero-order valence-electron chi connectivity index (χ0n) is 19.5. The number of hydrogen-bond donors (Lipinski definition) is 3. The van der Waals surface area contributed by atoms with Crippen LogP contribution in [-0.2, 0) is 14.3 Å².